The molecule has 30 heavy (non-hydrogen) atoms. The minimum atomic E-state index is -1.41. The van der Waals surface area contributed by atoms with Crippen LogP contribution < -0.4 is 10.6 Å². The normalized spacial score (nSPS) is 25.0. The van der Waals surface area contributed by atoms with Crippen LogP contribution in [0.4, 0.5) is 0 Å². The van der Waals surface area contributed by atoms with E-state index < -0.39 is 11.7 Å². The summed E-state index contributed by atoms with van der Waals surface area (Å²) in [5, 5.41) is 7.86. The lowest BCUT2D eigenvalue weighted by molar-refractivity contribution is -0.235. The molecule has 1 amide bonds. The molecule has 1 aliphatic carbocycles. The summed E-state index contributed by atoms with van der Waals surface area (Å²) in [5.74, 6) is -0.325. The third kappa shape index (κ3) is 6.39. The number of hydrogen-bond donors (Lipinski definition) is 2. The van der Waals surface area contributed by atoms with Crippen molar-refractivity contribution < 1.29 is 19.2 Å². The molecule has 1 unspecified atom stereocenters. The number of nitrogens with zero attached hydrogens (tertiary/aromatic N) is 2. The molecule has 1 saturated carbocycles. The fourth-order valence-electron chi connectivity index (χ4n) is 4.99. The Labute approximate surface area is 181 Å². The number of ether oxygens (including phenoxy) is 1. The van der Waals surface area contributed by atoms with Gasteiger partial charge in [0.2, 0.25) is 12.1 Å². The standard InChI is InChI=1S/C22H40N4O4/c1-18(2)16-22(24-17-27,29-20-6-4-3-5-7-20)21(28)30-26-14-12-25(13-15-26)19-8-10-23-11-9-19/h17-20,23H,3-16H2,1-2H3,(H,24,27). The number of carbonyl (C=O) groups excluding carboxylic acids is 2. The lowest BCUT2D eigenvalue weighted by Gasteiger charge is -2.41. The summed E-state index contributed by atoms with van der Waals surface area (Å²) in [4.78, 5) is 33.0. The molecule has 1 atom stereocenters. The molecule has 0 radical (unpaired) electrons. The molecule has 3 rings (SSSR count). The van der Waals surface area contributed by atoms with Gasteiger partial charge in [0.05, 0.1) is 6.10 Å². The number of nitrogens with one attached hydrogen (secondary N) is 2. The second-order valence-electron chi connectivity index (χ2n) is 9.39. The first-order valence-corrected chi connectivity index (χ1v) is 11.8. The summed E-state index contributed by atoms with van der Waals surface area (Å²) in [6.07, 6.45) is 8.53. The van der Waals surface area contributed by atoms with Crippen LogP contribution in [0.2, 0.25) is 0 Å². The van der Waals surface area contributed by atoms with Gasteiger partial charge in [-0.25, -0.2) is 4.79 Å². The zero-order chi connectivity index (χ0) is 21.4. The minimum Gasteiger partial charge on any atom is -0.364 e. The maximum Gasteiger partial charge on any atom is 0.378 e. The molecule has 8 nitrogen and oxygen atoms in total. The maximum absolute atomic E-state index is 13.3. The Balaban J connectivity index is 1.59. The highest BCUT2D eigenvalue weighted by Crippen LogP contribution is 2.29. The van der Waals surface area contributed by atoms with Crippen molar-refractivity contribution in [2.45, 2.75) is 83.1 Å². The fourth-order valence-corrected chi connectivity index (χ4v) is 4.99. The molecule has 0 aromatic heterocycles. The molecule has 2 saturated heterocycles. The summed E-state index contributed by atoms with van der Waals surface area (Å²) in [5.41, 5.74) is -1.41. The second-order valence-corrected chi connectivity index (χ2v) is 9.39. The van der Waals surface area contributed by atoms with E-state index in [0.29, 0.717) is 32.0 Å². The van der Waals surface area contributed by atoms with Gasteiger partial charge < -0.3 is 20.2 Å². The highest BCUT2D eigenvalue weighted by molar-refractivity contribution is 5.81. The van der Waals surface area contributed by atoms with Crippen LogP contribution in [0.25, 0.3) is 0 Å². The lowest BCUT2D eigenvalue weighted by atomic mass is 9.95. The lowest BCUT2D eigenvalue weighted by Crippen LogP contribution is -2.60. The van der Waals surface area contributed by atoms with Gasteiger partial charge in [0.15, 0.2) is 0 Å². The van der Waals surface area contributed by atoms with Gasteiger partial charge in [0, 0.05) is 38.6 Å². The van der Waals surface area contributed by atoms with E-state index in [9.17, 15) is 9.59 Å². The first-order valence-electron chi connectivity index (χ1n) is 11.8. The van der Waals surface area contributed by atoms with Crippen molar-refractivity contribution in [2.75, 3.05) is 39.3 Å². The van der Waals surface area contributed by atoms with Crippen molar-refractivity contribution in [3.63, 3.8) is 0 Å². The molecule has 2 N–H and O–H groups in total. The van der Waals surface area contributed by atoms with E-state index in [1.165, 1.54) is 19.3 Å². The van der Waals surface area contributed by atoms with E-state index in [1.54, 1.807) is 5.06 Å². The third-order valence-electron chi connectivity index (χ3n) is 6.55. The van der Waals surface area contributed by atoms with E-state index in [-0.39, 0.29) is 12.0 Å². The number of carbonyl (C=O) groups is 2. The Hall–Kier alpha value is -1.22. The summed E-state index contributed by atoms with van der Waals surface area (Å²) in [7, 11) is 0. The second kappa shape index (κ2) is 11.4. The maximum atomic E-state index is 13.3. The van der Waals surface area contributed by atoms with E-state index in [0.717, 1.165) is 51.9 Å². The monoisotopic (exact) mass is 424 g/mol. The topological polar surface area (TPSA) is 83.1 Å². The first-order chi connectivity index (χ1) is 14.5. The molecule has 172 valence electrons. The van der Waals surface area contributed by atoms with Gasteiger partial charge in [0.25, 0.3) is 0 Å². The van der Waals surface area contributed by atoms with Gasteiger partial charge in [-0.2, -0.15) is 0 Å². The van der Waals surface area contributed by atoms with Gasteiger partial charge in [-0.05, 0) is 44.7 Å². The van der Waals surface area contributed by atoms with Crippen LogP contribution in [-0.2, 0) is 19.2 Å². The molecule has 0 aromatic carbocycles. The van der Waals surface area contributed by atoms with Gasteiger partial charge in [-0.3, -0.25) is 9.69 Å². The molecule has 3 fully saturated rings. The van der Waals surface area contributed by atoms with Crippen molar-refractivity contribution in [1.82, 2.24) is 20.6 Å². The van der Waals surface area contributed by atoms with Crippen molar-refractivity contribution in [3.05, 3.63) is 0 Å². The van der Waals surface area contributed by atoms with Crippen LogP contribution in [0.5, 0.6) is 0 Å². The molecule has 0 bridgehead atoms. The van der Waals surface area contributed by atoms with Gasteiger partial charge in [-0.15, -0.1) is 5.06 Å². The fraction of sp³-hybridized carbons (Fsp3) is 0.909. The Morgan fingerprint density at radius 1 is 1.10 bits per heavy atom. The summed E-state index contributed by atoms with van der Waals surface area (Å²) < 4.78 is 6.29. The smallest absolute Gasteiger partial charge is 0.364 e. The molecule has 2 aliphatic heterocycles. The number of amides is 1. The molecule has 0 spiro atoms. The number of hydrogen-bond acceptors (Lipinski definition) is 7. The van der Waals surface area contributed by atoms with Crippen molar-refractivity contribution in [3.8, 4) is 0 Å². The molecule has 2 heterocycles. The molecular formula is C22H40N4O4. The minimum absolute atomic E-state index is 0.0192. The average Bonchev–Trinajstić information content (AvgIpc) is 2.75. The van der Waals surface area contributed by atoms with Crippen LogP contribution in [-0.4, -0.2) is 79.5 Å². The van der Waals surface area contributed by atoms with Crippen LogP contribution >= 0.6 is 0 Å². The molecule has 3 aliphatic rings. The highest BCUT2D eigenvalue weighted by atomic mass is 16.7. The number of piperazine rings is 1. The summed E-state index contributed by atoms with van der Waals surface area (Å²) >= 11 is 0. The number of piperidine rings is 1. The van der Waals surface area contributed by atoms with Crippen molar-refractivity contribution in [1.29, 1.82) is 0 Å². The SMILES string of the molecule is CC(C)CC(NC=O)(OC1CCCCC1)C(=O)ON1CCN(C2CCNCC2)CC1. The molecule has 8 heteroatoms. The average molecular weight is 425 g/mol. The Morgan fingerprint density at radius 2 is 1.77 bits per heavy atom. The van der Waals surface area contributed by atoms with Gasteiger partial charge in [0.1, 0.15) is 0 Å². The predicted octanol–water partition coefficient (Wildman–Crippen LogP) is 1.65. The van der Waals surface area contributed by atoms with E-state index in [1.807, 2.05) is 13.8 Å². The summed E-state index contributed by atoms with van der Waals surface area (Å²) in [6.45, 7) is 9.34. The number of rotatable bonds is 9. The van der Waals surface area contributed by atoms with Gasteiger partial charge in [-0.1, -0.05) is 33.1 Å². The van der Waals surface area contributed by atoms with E-state index in [2.05, 4.69) is 15.5 Å². The summed E-state index contributed by atoms with van der Waals surface area (Å²) in [6, 6.07) is 0.621. The Bertz CT molecular complexity index is 541. The van der Waals surface area contributed by atoms with Crippen molar-refractivity contribution in [2.24, 2.45) is 5.92 Å². The largest absolute Gasteiger partial charge is 0.378 e. The third-order valence-corrected chi connectivity index (χ3v) is 6.55. The molecule has 0 aromatic rings. The van der Waals surface area contributed by atoms with Crippen molar-refractivity contribution >= 4 is 12.4 Å². The zero-order valence-corrected chi connectivity index (χ0v) is 18.7. The van der Waals surface area contributed by atoms with Crippen LogP contribution in [0, 0.1) is 5.92 Å². The first kappa shape index (κ1) is 23.4. The van der Waals surface area contributed by atoms with Crippen LogP contribution in [0.3, 0.4) is 0 Å². The Kier molecular flexibility index (Phi) is 8.92. The Morgan fingerprint density at radius 3 is 2.37 bits per heavy atom. The van der Waals surface area contributed by atoms with Crippen LogP contribution in [0.1, 0.15) is 65.2 Å². The quantitative estimate of drug-likeness (QED) is 0.430. The number of hydroxylamine groups is 2. The zero-order valence-electron chi connectivity index (χ0n) is 18.7. The van der Waals surface area contributed by atoms with E-state index in [4.69, 9.17) is 9.57 Å². The highest BCUT2D eigenvalue weighted by Gasteiger charge is 2.45. The van der Waals surface area contributed by atoms with Gasteiger partial charge >= 0.3 is 5.97 Å². The molecular weight excluding hydrogens is 384 g/mol. The predicted molar refractivity (Wildman–Crippen MR) is 114 cm³/mol. The van der Waals surface area contributed by atoms with E-state index >= 15 is 0 Å². The van der Waals surface area contributed by atoms with Crippen LogP contribution in [0.15, 0.2) is 0 Å².